The van der Waals surface area contributed by atoms with Crippen molar-refractivity contribution in [3.8, 4) is 11.4 Å². The molecule has 27 heavy (non-hydrogen) atoms. The molecule has 3 atom stereocenters. The Morgan fingerprint density at radius 1 is 1.22 bits per heavy atom. The van der Waals surface area contributed by atoms with Crippen LogP contribution in [0.1, 0.15) is 29.6 Å². The number of hydrogen-bond acceptors (Lipinski definition) is 6. The maximum absolute atomic E-state index is 13.3. The van der Waals surface area contributed by atoms with Crippen molar-refractivity contribution in [3.05, 3.63) is 48.0 Å². The predicted molar refractivity (Wildman–Crippen MR) is 93.4 cm³/mol. The van der Waals surface area contributed by atoms with Gasteiger partial charge < -0.3 is 10.6 Å². The molecule has 1 saturated heterocycles. The average Bonchev–Trinajstić information content (AvgIpc) is 3.22. The Morgan fingerprint density at radius 3 is 2.70 bits per heavy atom. The summed E-state index contributed by atoms with van der Waals surface area (Å²) in [6.45, 7) is 0.506. The van der Waals surface area contributed by atoms with E-state index in [4.69, 9.17) is 10.6 Å². The first-order valence-electron chi connectivity index (χ1n) is 8.89. The molecule has 2 N–H and O–H groups in total. The number of rotatable bonds is 4. The number of nitrogens with two attached hydrogens (primary N) is 1. The third-order valence-corrected chi connectivity index (χ3v) is 5.31. The van der Waals surface area contributed by atoms with E-state index >= 15 is 0 Å². The fraction of sp³-hybridized carbons (Fsp3) is 0.368. The van der Waals surface area contributed by atoms with Crippen molar-refractivity contribution in [2.75, 3.05) is 6.54 Å². The van der Waals surface area contributed by atoms with Crippen molar-refractivity contribution in [1.29, 1.82) is 0 Å². The molecule has 4 rings (SSSR count). The van der Waals surface area contributed by atoms with Crippen molar-refractivity contribution in [2.24, 2.45) is 17.6 Å². The minimum absolute atomic E-state index is 0.141. The van der Waals surface area contributed by atoms with Gasteiger partial charge in [0.05, 0.1) is 5.56 Å². The van der Waals surface area contributed by atoms with Gasteiger partial charge in [0, 0.05) is 24.5 Å². The molecule has 1 aromatic carbocycles. The lowest BCUT2D eigenvalue weighted by Crippen LogP contribution is -2.44. The van der Waals surface area contributed by atoms with Gasteiger partial charge in [0.15, 0.2) is 5.82 Å². The van der Waals surface area contributed by atoms with E-state index in [1.54, 1.807) is 12.1 Å². The van der Waals surface area contributed by atoms with E-state index in [2.05, 4.69) is 9.97 Å². The van der Waals surface area contributed by atoms with Crippen LogP contribution in [0.4, 0.5) is 4.39 Å². The maximum atomic E-state index is 13.3. The van der Waals surface area contributed by atoms with Gasteiger partial charge in [-0.2, -0.15) is 0 Å². The molecule has 1 amide bonds. The van der Waals surface area contributed by atoms with E-state index < -0.39 is 23.7 Å². The van der Waals surface area contributed by atoms with Crippen molar-refractivity contribution in [2.45, 2.75) is 25.3 Å². The molecule has 2 aliphatic rings. The number of carbonyl (C=O) groups is 2. The second kappa shape index (κ2) is 7.03. The first-order valence-corrected chi connectivity index (χ1v) is 8.89. The fourth-order valence-corrected chi connectivity index (χ4v) is 4.08. The smallest absolute Gasteiger partial charge is 0.360 e. The third-order valence-electron chi connectivity index (χ3n) is 5.31. The molecule has 1 aliphatic heterocycles. The predicted octanol–water partition coefficient (Wildman–Crippen LogP) is 1.94. The molecule has 3 unspecified atom stereocenters. The summed E-state index contributed by atoms with van der Waals surface area (Å²) in [6.07, 6.45) is 5.64. The highest BCUT2D eigenvalue weighted by atomic mass is 19.1. The summed E-state index contributed by atoms with van der Waals surface area (Å²) in [7, 11) is 0. The van der Waals surface area contributed by atoms with Crippen LogP contribution >= 0.6 is 0 Å². The van der Waals surface area contributed by atoms with Crippen LogP contribution in [-0.4, -0.2) is 39.5 Å². The molecule has 2 fully saturated rings. The number of nitrogens with zero attached hydrogens (tertiary/aromatic N) is 3. The Bertz CT molecular complexity index is 874. The molecule has 140 valence electrons. The summed E-state index contributed by atoms with van der Waals surface area (Å²) in [6, 6.07) is 5.29. The summed E-state index contributed by atoms with van der Waals surface area (Å²) in [5.41, 5.74) is 6.19. The molecule has 0 bridgehead atoms. The molecule has 1 aliphatic carbocycles. The van der Waals surface area contributed by atoms with E-state index in [9.17, 15) is 14.0 Å². The zero-order valence-electron chi connectivity index (χ0n) is 14.5. The Balaban J connectivity index is 1.47. The third kappa shape index (κ3) is 3.40. The summed E-state index contributed by atoms with van der Waals surface area (Å²) in [5.74, 6) is -0.751. The second-order valence-electron chi connectivity index (χ2n) is 6.99. The number of hydroxylamine groups is 2. The van der Waals surface area contributed by atoms with Crippen molar-refractivity contribution < 1.29 is 18.8 Å². The van der Waals surface area contributed by atoms with Gasteiger partial charge in [-0.3, -0.25) is 4.79 Å². The number of carbonyl (C=O) groups excluding carboxylic acids is 2. The second-order valence-corrected chi connectivity index (χ2v) is 6.99. The Labute approximate surface area is 155 Å². The van der Waals surface area contributed by atoms with Crippen LogP contribution in [0.15, 0.2) is 36.7 Å². The number of halogens is 1. The molecule has 0 spiro atoms. The molecule has 1 saturated carbocycles. The lowest BCUT2D eigenvalue weighted by molar-refractivity contribution is -0.149. The average molecular weight is 370 g/mol. The summed E-state index contributed by atoms with van der Waals surface area (Å²) < 4.78 is 13.3. The van der Waals surface area contributed by atoms with Crippen LogP contribution in [0.25, 0.3) is 11.4 Å². The quantitative estimate of drug-likeness (QED) is 0.883. The van der Waals surface area contributed by atoms with E-state index in [-0.39, 0.29) is 11.5 Å². The standard InChI is InChI=1S/C19H19FN4O3/c20-14-5-1-3-11(7-14)18-22-8-13(9-23-18)19(26)27-24-10-12-4-2-6-15(12)16(24)17(21)25/h1,3,5,7-9,12,15-16H,2,4,6,10H2,(H2,21,25). The first-order chi connectivity index (χ1) is 13.0. The number of amides is 1. The summed E-state index contributed by atoms with van der Waals surface area (Å²) in [4.78, 5) is 37.9. The highest BCUT2D eigenvalue weighted by molar-refractivity contribution is 5.89. The zero-order chi connectivity index (χ0) is 19.0. The van der Waals surface area contributed by atoms with Crippen LogP contribution in [-0.2, 0) is 9.63 Å². The van der Waals surface area contributed by atoms with E-state index in [1.807, 2.05) is 0 Å². The monoisotopic (exact) mass is 370 g/mol. The molecule has 2 aromatic rings. The molecule has 0 radical (unpaired) electrons. The van der Waals surface area contributed by atoms with Crippen LogP contribution < -0.4 is 5.73 Å². The van der Waals surface area contributed by atoms with E-state index in [0.717, 1.165) is 19.3 Å². The minimum Gasteiger partial charge on any atom is -0.368 e. The van der Waals surface area contributed by atoms with Gasteiger partial charge in [0.1, 0.15) is 11.9 Å². The van der Waals surface area contributed by atoms with Crippen LogP contribution in [0.5, 0.6) is 0 Å². The van der Waals surface area contributed by atoms with Crippen molar-refractivity contribution in [1.82, 2.24) is 15.0 Å². The molecule has 1 aromatic heterocycles. The van der Waals surface area contributed by atoms with Crippen LogP contribution in [0.2, 0.25) is 0 Å². The lowest BCUT2D eigenvalue weighted by atomic mass is 9.94. The Hall–Kier alpha value is -2.87. The van der Waals surface area contributed by atoms with Crippen LogP contribution in [0.3, 0.4) is 0 Å². The molecule has 7 nitrogen and oxygen atoms in total. The minimum atomic E-state index is -0.646. The van der Waals surface area contributed by atoms with Crippen molar-refractivity contribution >= 4 is 11.9 Å². The van der Waals surface area contributed by atoms with Gasteiger partial charge in [-0.25, -0.2) is 19.2 Å². The molecule has 2 heterocycles. The SMILES string of the molecule is NC(=O)C1C2CCCC2CN1OC(=O)c1cnc(-c2cccc(F)c2)nc1. The lowest BCUT2D eigenvalue weighted by Gasteiger charge is -2.23. The first kappa shape index (κ1) is 17.5. The number of aromatic nitrogens is 2. The fourth-order valence-electron chi connectivity index (χ4n) is 4.08. The normalized spacial score (nSPS) is 24.6. The molecular weight excluding hydrogens is 351 g/mol. The Morgan fingerprint density at radius 2 is 2.00 bits per heavy atom. The number of benzene rings is 1. The van der Waals surface area contributed by atoms with E-state index in [0.29, 0.717) is 23.9 Å². The zero-order valence-corrected chi connectivity index (χ0v) is 14.5. The molecule has 8 heteroatoms. The number of primary amides is 1. The summed E-state index contributed by atoms with van der Waals surface area (Å²) >= 11 is 0. The van der Waals surface area contributed by atoms with Crippen molar-refractivity contribution in [3.63, 3.8) is 0 Å². The topological polar surface area (TPSA) is 98.4 Å². The Kier molecular flexibility index (Phi) is 4.57. The summed E-state index contributed by atoms with van der Waals surface area (Å²) in [5, 5.41) is 1.40. The van der Waals surface area contributed by atoms with Gasteiger partial charge in [0.2, 0.25) is 5.91 Å². The van der Waals surface area contributed by atoms with Gasteiger partial charge in [0.25, 0.3) is 0 Å². The number of fused-ring (bicyclic) bond motifs is 1. The highest BCUT2D eigenvalue weighted by Crippen LogP contribution is 2.42. The highest BCUT2D eigenvalue weighted by Gasteiger charge is 2.48. The van der Waals surface area contributed by atoms with Gasteiger partial charge in [-0.05, 0) is 36.8 Å². The van der Waals surface area contributed by atoms with Crippen LogP contribution in [0, 0.1) is 17.7 Å². The van der Waals surface area contributed by atoms with Gasteiger partial charge >= 0.3 is 5.97 Å². The largest absolute Gasteiger partial charge is 0.368 e. The maximum Gasteiger partial charge on any atom is 0.360 e. The number of hydrogen-bond donors (Lipinski definition) is 1. The molecular formula is C19H19FN4O3. The van der Waals surface area contributed by atoms with E-state index in [1.165, 1.54) is 29.6 Å². The van der Waals surface area contributed by atoms with Gasteiger partial charge in [-0.15, -0.1) is 5.06 Å². The van der Waals surface area contributed by atoms with Gasteiger partial charge in [-0.1, -0.05) is 18.6 Å².